The highest BCUT2D eigenvalue weighted by Gasteiger charge is 2.02. The van der Waals surface area contributed by atoms with Crippen molar-refractivity contribution in [1.82, 2.24) is 15.5 Å². The van der Waals surface area contributed by atoms with Crippen molar-refractivity contribution in [1.29, 1.82) is 0 Å². The largest absolute Gasteiger partial charge is 0.355 e. The summed E-state index contributed by atoms with van der Waals surface area (Å²) in [6.07, 6.45) is 2.48. The fourth-order valence-electron chi connectivity index (χ4n) is 1.95. The normalized spacial score (nSPS) is 11.2. The summed E-state index contributed by atoms with van der Waals surface area (Å²) in [7, 11) is 3.93. The molecule has 126 valence electrons. The Bertz CT molecular complexity index is 440. The molecule has 0 aromatic heterocycles. The van der Waals surface area contributed by atoms with Crippen molar-refractivity contribution in [2.45, 2.75) is 26.3 Å². The van der Waals surface area contributed by atoms with Gasteiger partial charge in [0.25, 0.3) is 0 Å². The quantitative estimate of drug-likeness (QED) is 0.371. The minimum atomic E-state index is 0. The summed E-state index contributed by atoms with van der Waals surface area (Å²) in [5.74, 6) is 0.804. The fraction of sp³-hybridized carbons (Fsp3) is 0.562. The lowest BCUT2D eigenvalue weighted by molar-refractivity contribution is 0.332. The average molecular weight is 439 g/mol. The first-order valence-corrected chi connectivity index (χ1v) is 7.91. The molecule has 0 fully saturated rings. The minimum absolute atomic E-state index is 0. The molecule has 6 heteroatoms. The van der Waals surface area contributed by atoms with E-state index in [9.17, 15) is 0 Å². The molecule has 1 rings (SSSR count). The number of nitrogens with zero attached hydrogens (tertiary/aromatic N) is 2. The Hall–Kier alpha value is -0.530. The van der Waals surface area contributed by atoms with E-state index >= 15 is 0 Å². The standard InChI is InChI=1S/C16H27ClN4.HI/c1-4-5-11-21(3)12-10-19-16(18-2)20-13-14-8-6-7-9-15(14)17;/h6-9H,4-5,10-13H2,1-3H3,(H2,18,19,20);1H. The maximum absolute atomic E-state index is 6.14. The topological polar surface area (TPSA) is 39.7 Å². The second-order valence-corrected chi connectivity index (χ2v) is 5.51. The molecule has 4 nitrogen and oxygen atoms in total. The van der Waals surface area contributed by atoms with E-state index in [1.807, 2.05) is 24.3 Å². The number of rotatable bonds is 8. The van der Waals surface area contributed by atoms with Crippen molar-refractivity contribution >= 4 is 41.5 Å². The van der Waals surface area contributed by atoms with Gasteiger partial charge in [0, 0.05) is 31.7 Å². The summed E-state index contributed by atoms with van der Waals surface area (Å²) in [5.41, 5.74) is 1.07. The van der Waals surface area contributed by atoms with Crippen LogP contribution >= 0.6 is 35.6 Å². The molecule has 0 aliphatic heterocycles. The lowest BCUT2D eigenvalue weighted by Gasteiger charge is -2.18. The Balaban J connectivity index is 0.00000441. The number of benzene rings is 1. The zero-order chi connectivity index (χ0) is 15.5. The summed E-state index contributed by atoms with van der Waals surface area (Å²) in [6, 6.07) is 7.84. The summed E-state index contributed by atoms with van der Waals surface area (Å²) < 4.78 is 0. The molecule has 0 saturated heterocycles. The number of likely N-dealkylation sites (N-methyl/N-ethyl adjacent to an activating group) is 1. The molecule has 22 heavy (non-hydrogen) atoms. The second-order valence-electron chi connectivity index (χ2n) is 5.10. The van der Waals surface area contributed by atoms with Gasteiger partial charge in [0.1, 0.15) is 0 Å². The van der Waals surface area contributed by atoms with Crippen LogP contribution in [0.5, 0.6) is 0 Å². The van der Waals surface area contributed by atoms with Crippen LogP contribution in [0.2, 0.25) is 5.02 Å². The SMILES string of the molecule is CCCCN(C)CCNC(=NC)NCc1ccccc1Cl.I. The van der Waals surface area contributed by atoms with Crippen molar-refractivity contribution in [2.24, 2.45) is 4.99 Å². The lowest BCUT2D eigenvalue weighted by Crippen LogP contribution is -2.40. The minimum Gasteiger partial charge on any atom is -0.355 e. The molecule has 0 atom stereocenters. The first kappa shape index (κ1) is 21.5. The Morgan fingerprint density at radius 1 is 1.23 bits per heavy atom. The van der Waals surface area contributed by atoms with Gasteiger partial charge in [-0.25, -0.2) is 0 Å². The van der Waals surface area contributed by atoms with E-state index in [2.05, 4.69) is 34.5 Å². The van der Waals surface area contributed by atoms with Crippen LogP contribution in [0.3, 0.4) is 0 Å². The Kier molecular flexibility index (Phi) is 12.6. The van der Waals surface area contributed by atoms with Gasteiger partial charge in [-0.05, 0) is 31.6 Å². The van der Waals surface area contributed by atoms with E-state index in [-0.39, 0.29) is 24.0 Å². The van der Waals surface area contributed by atoms with Gasteiger partial charge in [-0.15, -0.1) is 24.0 Å². The first-order valence-electron chi connectivity index (χ1n) is 7.53. The van der Waals surface area contributed by atoms with Gasteiger partial charge < -0.3 is 15.5 Å². The number of guanidine groups is 1. The van der Waals surface area contributed by atoms with Gasteiger partial charge >= 0.3 is 0 Å². The van der Waals surface area contributed by atoms with Crippen molar-refractivity contribution in [3.8, 4) is 0 Å². The molecule has 0 aliphatic rings. The van der Waals surface area contributed by atoms with Crippen LogP contribution in [0.15, 0.2) is 29.3 Å². The predicted octanol–water partition coefficient (Wildman–Crippen LogP) is 3.35. The first-order chi connectivity index (χ1) is 10.2. The zero-order valence-corrected chi connectivity index (χ0v) is 16.8. The smallest absolute Gasteiger partial charge is 0.191 e. The third-order valence-electron chi connectivity index (χ3n) is 3.31. The van der Waals surface area contributed by atoms with Crippen LogP contribution in [0.1, 0.15) is 25.3 Å². The van der Waals surface area contributed by atoms with Crippen LogP contribution in [-0.2, 0) is 6.54 Å². The Morgan fingerprint density at radius 2 is 1.95 bits per heavy atom. The molecule has 2 N–H and O–H groups in total. The molecule has 0 amide bonds. The van der Waals surface area contributed by atoms with Gasteiger partial charge in [0.05, 0.1) is 0 Å². The van der Waals surface area contributed by atoms with Gasteiger partial charge in [0.15, 0.2) is 5.96 Å². The molecule has 0 radical (unpaired) electrons. The molecular formula is C16H28ClIN4. The fourth-order valence-corrected chi connectivity index (χ4v) is 2.15. The van der Waals surface area contributed by atoms with Crippen LogP contribution in [-0.4, -0.2) is 44.6 Å². The molecule has 0 spiro atoms. The predicted molar refractivity (Wildman–Crippen MR) is 107 cm³/mol. The second kappa shape index (κ2) is 13.0. The van der Waals surface area contributed by atoms with Gasteiger partial charge in [0.2, 0.25) is 0 Å². The summed E-state index contributed by atoms with van der Waals surface area (Å²) in [6.45, 7) is 5.91. The summed E-state index contributed by atoms with van der Waals surface area (Å²) >= 11 is 6.14. The highest BCUT2D eigenvalue weighted by molar-refractivity contribution is 14.0. The number of halogens is 2. The number of unbranched alkanes of at least 4 members (excludes halogenated alkanes) is 1. The maximum Gasteiger partial charge on any atom is 0.191 e. The highest BCUT2D eigenvalue weighted by Crippen LogP contribution is 2.14. The van der Waals surface area contributed by atoms with Crippen molar-refractivity contribution in [2.75, 3.05) is 33.7 Å². The molecule has 1 aromatic carbocycles. The molecule has 0 aliphatic carbocycles. The molecular weight excluding hydrogens is 411 g/mol. The summed E-state index contributed by atoms with van der Waals surface area (Å²) in [5, 5.41) is 7.38. The molecule has 0 heterocycles. The monoisotopic (exact) mass is 438 g/mol. The number of nitrogens with one attached hydrogen (secondary N) is 2. The van der Waals surface area contributed by atoms with E-state index in [1.165, 1.54) is 12.8 Å². The van der Waals surface area contributed by atoms with E-state index in [4.69, 9.17) is 11.6 Å². The van der Waals surface area contributed by atoms with E-state index in [0.29, 0.717) is 6.54 Å². The van der Waals surface area contributed by atoms with Gasteiger partial charge in [-0.1, -0.05) is 43.1 Å². The number of aliphatic imine (C=N–C) groups is 1. The molecule has 1 aromatic rings. The zero-order valence-electron chi connectivity index (χ0n) is 13.7. The number of hydrogen-bond acceptors (Lipinski definition) is 2. The van der Waals surface area contributed by atoms with Crippen LogP contribution in [0.25, 0.3) is 0 Å². The van der Waals surface area contributed by atoms with E-state index < -0.39 is 0 Å². The molecule has 0 saturated carbocycles. The third-order valence-corrected chi connectivity index (χ3v) is 3.68. The number of hydrogen-bond donors (Lipinski definition) is 2. The molecule has 0 unspecified atom stereocenters. The van der Waals surface area contributed by atoms with Gasteiger partial charge in [-0.2, -0.15) is 0 Å². The third kappa shape index (κ3) is 8.80. The maximum atomic E-state index is 6.14. The van der Waals surface area contributed by atoms with E-state index in [1.54, 1.807) is 7.05 Å². The van der Waals surface area contributed by atoms with Gasteiger partial charge in [-0.3, -0.25) is 4.99 Å². The van der Waals surface area contributed by atoms with Crippen molar-refractivity contribution in [3.63, 3.8) is 0 Å². The summed E-state index contributed by atoms with van der Waals surface area (Å²) in [4.78, 5) is 6.56. The van der Waals surface area contributed by atoms with Crippen LogP contribution in [0.4, 0.5) is 0 Å². The lowest BCUT2D eigenvalue weighted by atomic mass is 10.2. The Labute approximate surface area is 156 Å². The average Bonchev–Trinajstić information content (AvgIpc) is 2.50. The molecule has 0 bridgehead atoms. The Morgan fingerprint density at radius 3 is 2.59 bits per heavy atom. The van der Waals surface area contributed by atoms with Crippen molar-refractivity contribution in [3.05, 3.63) is 34.9 Å². The van der Waals surface area contributed by atoms with Crippen LogP contribution in [0, 0.1) is 0 Å². The van der Waals surface area contributed by atoms with Crippen molar-refractivity contribution < 1.29 is 0 Å². The highest BCUT2D eigenvalue weighted by atomic mass is 127. The van der Waals surface area contributed by atoms with E-state index in [0.717, 1.165) is 36.2 Å². The van der Waals surface area contributed by atoms with Crippen LogP contribution < -0.4 is 10.6 Å².